The van der Waals surface area contributed by atoms with Crippen molar-refractivity contribution >= 4 is 75.3 Å². The minimum Gasteiger partial charge on any atom is -0.496 e. The number of aryl methyl sites for hydroxylation is 4. The summed E-state index contributed by atoms with van der Waals surface area (Å²) in [6.07, 6.45) is 20.1. The molecule has 4 amide bonds. The number of aromatic amines is 1. The van der Waals surface area contributed by atoms with Crippen LogP contribution in [0, 0.1) is 0 Å². The number of methoxy groups -OCH3 is 1. The van der Waals surface area contributed by atoms with E-state index >= 15 is 0 Å². The lowest BCUT2D eigenvalue weighted by molar-refractivity contribution is -0.130. The maximum atomic E-state index is 12.3. The molecule has 2 N–H and O–H groups in total. The summed E-state index contributed by atoms with van der Waals surface area (Å²) in [5.41, 5.74) is 25.9. The molecule has 0 spiro atoms. The number of benzene rings is 4. The Bertz CT molecular complexity index is 6090. The summed E-state index contributed by atoms with van der Waals surface area (Å²) in [4.78, 5) is 79.8. The van der Waals surface area contributed by atoms with Crippen molar-refractivity contribution in [2.45, 2.75) is 162 Å². The molecule has 128 heavy (non-hydrogen) atoms. The van der Waals surface area contributed by atoms with Crippen LogP contribution in [-0.4, -0.2) is 226 Å². The predicted octanol–water partition coefficient (Wildman–Crippen LogP) is 11.8. The number of nitrogens with zero attached hydrogens (tertiary/aromatic N) is 20. The van der Waals surface area contributed by atoms with E-state index in [-0.39, 0.29) is 47.3 Å². The highest BCUT2D eigenvalue weighted by atomic mass is 16.5. The van der Waals surface area contributed by atoms with Crippen molar-refractivity contribution in [2.24, 2.45) is 14.1 Å². The van der Waals surface area contributed by atoms with Gasteiger partial charge in [-0.25, -0.2) is 0 Å². The SMILES string of the molecule is CC(=O)N1CCc2c(c(N3CCCc4cc(-c5ccc(=O)[nH]c5)ccc43)nn2C2COC2)C1.CC(=O)N1CCc2c(c(N3CCNc4ccccc43)nn2C2COC2)C1.CC(=O)N1CCc2c(c(N3CC[C@H](C)c4cc(-c5cnn(C)c5)ccc43)nn2[C@H]2CCOC2)C1.COc1cc2c(cc1-c1cnn(C)c1)CCCN2c1nn([C@H]2CCOC2)c2c1CN(C(C)=O)CC2. The molecular formula is C96H114N22O10. The number of hydrogen-bond acceptors (Lipinski definition) is 21. The number of para-hydroxylation sites is 2. The number of carbonyl (C=O) groups is 4. The number of fused-ring (bicyclic) bond motifs is 8. The van der Waals surface area contributed by atoms with Crippen LogP contribution in [0.1, 0.15) is 159 Å². The number of aromatic nitrogens is 13. The normalized spacial score (nSPS) is 19.8. The van der Waals surface area contributed by atoms with Crippen LogP contribution in [0.4, 0.5) is 51.7 Å². The summed E-state index contributed by atoms with van der Waals surface area (Å²) in [6.45, 7) is 24.6. The number of nitrogens with one attached hydrogen (secondary N) is 2. The standard InChI is InChI=1S/C26H32N6O3.C26H32N6O2.C25H27N5O3.C19H23N5O2/c1-17(33)30-9-6-23-22(15-30)26(28-32(23)20-7-10-35-16-20)31-8-4-5-18-11-21(19-13-27-29(2)14-19)25(34-3)12-24(18)31;1-17-6-10-31(24-5-4-19(12-22(17)24)20-13-27-29(3)14-20)26-23-15-30(18(2)33)9-7-25(23)32(28-26)21-8-11-34-16-21;1-16(31)28-10-8-23-21(13-28)25(27-30(23)20-14-33-15-20)29-9-2-3-18-11-17(4-6-22(18)29)19-5-7-24(32)26-12-19;1-13(25)22-8-6-17-15(10-22)19(21-24(17)14-11-26-12-14)23-9-7-20-16-4-2-3-5-18(16)23/h11-14,20H,4-10,15-16H2,1-3H3;4-5,12-14,17,21H,6-11,15-16H2,1-3H3;4-7,11-12,20H,2-3,8-10,13-15H2,1H3,(H,26,32);2-5,14,20H,6-12H2,1H3/t20-;17-,21-;;/m00../s1. The maximum Gasteiger partial charge on any atom is 0.247 e. The Labute approximate surface area is 744 Å². The summed E-state index contributed by atoms with van der Waals surface area (Å²) in [5.74, 6) is 5.71. The van der Waals surface area contributed by atoms with Crippen LogP contribution in [0.2, 0.25) is 0 Å². The second-order valence-corrected chi connectivity index (χ2v) is 35.9. The first-order chi connectivity index (χ1) is 62.3. The highest BCUT2D eigenvalue weighted by Gasteiger charge is 2.41. The Morgan fingerprint density at radius 2 is 0.891 bits per heavy atom. The van der Waals surface area contributed by atoms with E-state index < -0.39 is 0 Å². The van der Waals surface area contributed by atoms with Crippen LogP contribution in [0.15, 0.2) is 121 Å². The lowest BCUT2D eigenvalue weighted by Gasteiger charge is -2.35. The molecule has 3 atom stereocenters. The van der Waals surface area contributed by atoms with Crippen molar-refractivity contribution in [1.29, 1.82) is 0 Å². The Morgan fingerprint density at radius 1 is 0.438 bits per heavy atom. The van der Waals surface area contributed by atoms with Crippen molar-refractivity contribution in [3.05, 3.63) is 188 Å². The third-order valence-corrected chi connectivity index (χ3v) is 27.9. The fourth-order valence-electron chi connectivity index (χ4n) is 20.7. The van der Waals surface area contributed by atoms with Gasteiger partial charge in [-0.15, -0.1) is 0 Å². The van der Waals surface area contributed by atoms with Gasteiger partial charge >= 0.3 is 0 Å². The molecule has 4 aromatic carbocycles. The maximum absolute atomic E-state index is 12.3. The second kappa shape index (κ2) is 35.3. The lowest BCUT2D eigenvalue weighted by Crippen LogP contribution is -2.37. The molecule has 668 valence electrons. The van der Waals surface area contributed by atoms with Crippen molar-refractivity contribution in [3.63, 3.8) is 0 Å². The van der Waals surface area contributed by atoms with Gasteiger partial charge in [-0.2, -0.15) is 30.6 Å². The van der Waals surface area contributed by atoms with E-state index in [4.69, 9.17) is 44.1 Å². The zero-order valence-corrected chi connectivity index (χ0v) is 74.5. The molecule has 0 unspecified atom stereocenters. The molecule has 19 heterocycles. The topological polar surface area (TPSA) is 292 Å². The Morgan fingerprint density at radius 3 is 1.35 bits per heavy atom. The molecule has 32 heteroatoms. The van der Waals surface area contributed by atoms with Crippen molar-refractivity contribution in [1.82, 2.24) is 83.3 Å². The van der Waals surface area contributed by atoms with E-state index in [1.54, 1.807) is 47.1 Å². The van der Waals surface area contributed by atoms with Gasteiger partial charge in [0, 0.05) is 249 Å². The van der Waals surface area contributed by atoms with Crippen molar-refractivity contribution in [3.8, 4) is 39.1 Å². The molecule has 4 saturated heterocycles. The Balaban J connectivity index is 0.000000108. The highest BCUT2D eigenvalue weighted by molar-refractivity contribution is 5.84. The van der Waals surface area contributed by atoms with Crippen LogP contribution < -0.4 is 35.2 Å². The summed E-state index contributed by atoms with van der Waals surface area (Å²) < 4.78 is 40.5. The van der Waals surface area contributed by atoms with Gasteiger partial charge < -0.3 is 73.2 Å². The van der Waals surface area contributed by atoms with E-state index in [1.165, 1.54) is 78.7 Å². The van der Waals surface area contributed by atoms with Crippen molar-refractivity contribution < 1.29 is 42.9 Å². The van der Waals surface area contributed by atoms with E-state index in [0.717, 1.165) is 230 Å². The van der Waals surface area contributed by atoms with Gasteiger partial charge in [0.15, 0.2) is 23.3 Å². The zero-order valence-electron chi connectivity index (χ0n) is 74.5. The first-order valence-electron chi connectivity index (χ1n) is 45.6. The molecule has 0 bridgehead atoms. The number of ether oxygens (including phenoxy) is 5. The van der Waals surface area contributed by atoms with Gasteiger partial charge in [-0.05, 0) is 133 Å². The number of carbonyl (C=O) groups excluding carboxylic acids is 4. The van der Waals surface area contributed by atoms with Crippen molar-refractivity contribution in [2.75, 3.05) is 144 Å². The number of pyridine rings is 1. The highest BCUT2D eigenvalue weighted by Crippen LogP contribution is 2.49. The van der Waals surface area contributed by atoms with Crippen LogP contribution in [0.5, 0.6) is 5.75 Å². The molecule has 0 saturated carbocycles. The van der Waals surface area contributed by atoms with E-state index in [9.17, 15) is 24.0 Å². The molecule has 0 radical (unpaired) electrons. The minimum absolute atomic E-state index is 0.0975. The summed E-state index contributed by atoms with van der Waals surface area (Å²) in [5, 5.41) is 32.7. The summed E-state index contributed by atoms with van der Waals surface area (Å²) in [7, 11) is 5.59. The number of H-pyrrole nitrogens is 1. The first kappa shape index (κ1) is 83.8. The lowest BCUT2D eigenvalue weighted by atomic mass is 9.89. The van der Waals surface area contributed by atoms with Gasteiger partial charge in [0.2, 0.25) is 29.2 Å². The third-order valence-electron chi connectivity index (χ3n) is 27.9. The molecule has 23 rings (SSSR count). The molecule has 12 aliphatic heterocycles. The smallest absolute Gasteiger partial charge is 0.247 e. The number of hydrogen-bond donors (Lipinski definition) is 2. The van der Waals surface area contributed by atoms with Crippen LogP contribution in [0.25, 0.3) is 33.4 Å². The molecule has 4 fully saturated rings. The van der Waals surface area contributed by atoms with Crippen LogP contribution >= 0.6 is 0 Å². The molecular weight excluding hydrogens is 1620 g/mol. The fourth-order valence-corrected chi connectivity index (χ4v) is 20.7. The minimum atomic E-state index is -0.0975. The molecule has 32 nitrogen and oxygen atoms in total. The molecule has 12 aliphatic rings. The first-order valence-corrected chi connectivity index (χ1v) is 45.6. The van der Waals surface area contributed by atoms with E-state index in [1.807, 2.05) is 73.8 Å². The van der Waals surface area contributed by atoms with Gasteiger partial charge in [-0.1, -0.05) is 31.2 Å². The number of amides is 4. The fraction of sp³-hybridized carbons (Fsp3) is 0.469. The van der Waals surface area contributed by atoms with Gasteiger partial charge in [0.25, 0.3) is 0 Å². The Hall–Kier alpha value is -12.4. The largest absolute Gasteiger partial charge is 0.496 e. The Kier molecular flexibility index (Phi) is 23.1. The van der Waals surface area contributed by atoms with Crippen LogP contribution in [0.3, 0.4) is 0 Å². The number of rotatable bonds is 12. The molecule has 0 aliphatic carbocycles. The average Bonchev–Trinajstić information content (AvgIpc) is 1.58. The van der Waals surface area contributed by atoms with E-state index in [0.29, 0.717) is 64.6 Å². The summed E-state index contributed by atoms with van der Waals surface area (Å²) in [6, 6.07) is 30.5. The number of anilines is 9. The molecule has 7 aromatic heterocycles. The van der Waals surface area contributed by atoms with Gasteiger partial charge in [0.05, 0.1) is 121 Å². The second-order valence-electron chi connectivity index (χ2n) is 35.9. The quantitative estimate of drug-likeness (QED) is 0.115. The monoisotopic (exact) mass is 1730 g/mol. The molecule has 11 aromatic rings. The van der Waals surface area contributed by atoms with Gasteiger partial charge in [-0.3, -0.25) is 52.1 Å². The predicted molar refractivity (Wildman–Crippen MR) is 486 cm³/mol. The third kappa shape index (κ3) is 16.0. The van der Waals surface area contributed by atoms with Crippen LogP contribution in [-0.2, 0) is 117 Å². The average molecular weight is 1740 g/mol. The zero-order chi connectivity index (χ0) is 87.7. The summed E-state index contributed by atoms with van der Waals surface area (Å²) >= 11 is 0. The van der Waals surface area contributed by atoms with E-state index in [2.05, 4.69) is 139 Å². The van der Waals surface area contributed by atoms with Gasteiger partial charge in [0.1, 0.15) is 5.75 Å².